The Morgan fingerprint density at radius 2 is 1.55 bits per heavy atom. The number of rotatable bonds is 11. The van der Waals surface area contributed by atoms with Crippen molar-refractivity contribution in [3.05, 3.63) is 101 Å². The zero-order chi connectivity index (χ0) is 27.7. The van der Waals surface area contributed by atoms with E-state index in [0.29, 0.717) is 17.2 Å². The third-order valence-corrected chi connectivity index (χ3v) is 6.87. The number of benzene rings is 3. The first-order chi connectivity index (χ1) is 18.1. The van der Waals surface area contributed by atoms with E-state index in [4.69, 9.17) is 16.3 Å². The van der Waals surface area contributed by atoms with Gasteiger partial charge in [-0.1, -0.05) is 93.9 Å². The third kappa shape index (κ3) is 8.63. The number of hydrogen-bond donors (Lipinski definition) is 1. The van der Waals surface area contributed by atoms with E-state index in [2.05, 4.69) is 26.1 Å². The molecule has 6 heteroatoms. The fraction of sp³-hybridized carbons (Fsp3) is 0.375. The molecule has 0 spiro atoms. The molecule has 0 saturated heterocycles. The van der Waals surface area contributed by atoms with Gasteiger partial charge in [0.05, 0.1) is 0 Å². The molecule has 3 rings (SSSR count). The molecule has 0 aliphatic heterocycles. The summed E-state index contributed by atoms with van der Waals surface area (Å²) in [5.41, 5.74) is 3.07. The molecule has 2 atom stereocenters. The topological polar surface area (TPSA) is 58.6 Å². The molecule has 0 unspecified atom stereocenters. The highest BCUT2D eigenvalue weighted by atomic mass is 35.5. The van der Waals surface area contributed by atoms with Crippen molar-refractivity contribution in [2.75, 3.05) is 6.61 Å². The second-order valence-electron chi connectivity index (χ2n) is 10.7. The molecule has 1 N–H and O–H groups in total. The summed E-state index contributed by atoms with van der Waals surface area (Å²) in [5, 5.41) is 3.69. The average molecular weight is 535 g/mol. The first-order valence-electron chi connectivity index (χ1n) is 13.2. The highest BCUT2D eigenvalue weighted by Crippen LogP contribution is 2.24. The number of nitrogens with one attached hydrogen (secondary N) is 1. The normalized spacial score (nSPS) is 12.9. The fourth-order valence-corrected chi connectivity index (χ4v) is 4.19. The highest BCUT2D eigenvalue weighted by molar-refractivity contribution is 6.30. The molecule has 5 nitrogen and oxygen atoms in total. The maximum Gasteiger partial charge on any atom is 0.261 e. The van der Waals surface area contributed by atoms with Crippen molar-refractivity contribution in [3.63, 3.8) is 0 Å². The summed E-state index contributed by atoms with van der Waals surface area (Å²) in [6, 6.07) is 24.2. The summed E-state index contributed by atoms with van der Waals surface area (Å²) in [6.45, 7) is 10.5. The van der Waals surface area contributed by atoms with Crippen molar-refractivity contribution in [1.82, 2.24) is 10.2 Å². The van der Waals surface area contributed by atoms with Gasteiger partial charge in [-0.2, -0.15) is 0 Å². The van der Waals surface area contributed by atoms with E-state index in [-0.39, 0.29) is 36.4 Å². The Kier molecular flexibility index (Phi) is 10.4. The molecular formula is C32H39ClN2O3. The van der Waals surface area contributed by atoms with E-state index in [1.54, 1.807) is 17.0 Å². The van der Waals surface area contributed by atoms with Gasteiger partial charge >= 0.3 is 0 Å². The summed E-state index contributed by atoms with van der Waals surface area (Å²) in [4.78, 5) is 28.9. The first-order valence-corrected chi connectivity index (χ1v) is 13.6. The summed E-state index contributed by atoms with van der Waals surface area (Å²) in [5.74, 6) is 0.168. The van der Waals surface area contributed by atoms with Gasteiger partial charge in [0.15, 0.2) is 6.61 Å². The summed E-state index contributed by atoms with van der Waals surface area (Å²) in [6.07, 6.45) is 1.19. The summed E-state index contributed by atoms with van der Waals surface area (Å²) >= 11 is 6.10. The van der Waals surface area contributed by atoms with E-state index in [1.807, 2.05) is 80.6 Å². The lowest BCUT2D eigenvalue weighted by Gasteiger charge is -2.32. The lowest BCUT2D eigenvalue weighted by atomic mass is 9.87. The van der Waals surface area contributed by atoms with Gasteiger partial charge in [-0.05, 0) is 59.7 Å². The van der Waals surface area contributed by atoms with Crippen molar-refractivity contribution >= 4 is 23.4 Å². The molecule has 0 aliphatic carbocycles. The number of ether oxygens (including phenoxy) is 1. The Morgan fingerprint density at radius 1 is 0.921 bits per heavy atom. The van der Waals surface area contributed by atoms with Crippen LogP contribution < -0.4 is 10.1 Å². The Balaban J connectivity index is 1.88. The van der Waals surface area contributed by atoms with Crippen LogP contribution in [0, 0.1) is 0 Å². The van der Waals surface area contributed by atoms with Crippen molar-refractivity contribution in [3.8, 4) is 5.75 Å². The number of carbonyl (C=O) groups excluding carboxylic acids is 2. The minimum atomic E-state index is -0.707. The second kappa shape index (κ2) is 13.5. The van der Waals surface area contributed by atoms with Crippen molar-refractivity contribution in [2.45, 2.75) is 71.5 Å². The standard InChI is InChI=1S/C32H39ClN2O3/c1-6-23(2)34-31(37)29(20-24-10-8-7-9-11-24)35(21-25-12-16-27(33)17-13-25)30(36)22-38-28-18-14-26(15-19-28)32(3,4)5/h7-19,23,29H,6,20-22H2,1-5H3,(H,34,37)/t23-,29-/m1/s1. The smallest absolute Gasteiger partial charge is 0.261 e. The maximum atomic E-state index is 13.7. The van der Waals surface area contributed by atoms with E-state index < -0.39 is 6.04 Å². The van der Waals surface area contributed by atoms with Crippen LogP contribution in [0.3, 0.4) is 0 Å². The van der Waals surface area contributed by atoms with Crippen LogP contribution in [0.2, 0.25) is 5.02 Å². The largest absolute Gasteiger partial charge is 0.484 e. The van der Waals surface area contributed by atoms with Crippen LogP contribution in [0.5, 0.6) is 5.75 Å². The quantitative estimate of drug-likeness (QED) is 0.302. The van der Waals surface area contributed by atoms with Crippen LogP contribution in [0.25, 0.3) is 0 Å². The van der Waals surface area contributed by atoms with Gasteiger partial charge in [-0.3, -0.25) is 9.59 Å². The molecule has 0 heterocycles. The Labute approximate surface area is 232 Å². The van der Waals surface area contributed by atoms with E-state index in [0.717, 1.165) is 17.5 Å². The molecule has 3 aromatic carbocycles. The predicted octanol–water partition coefficient (Wildman–Crippen LogP) is 6.57. The highest BCUT2D eigenvalue weighted by Gasteiger charge is 2.31. The van der Waals surface area contributed by atoms with E-state index in [9.17, 15) is 9.59 Å². The van der Waals surface area contributed by atoms with Gasteiger partial charge in [0.25, 0.3) is 5.91 Å². The lowest BCUT2D eigenvalue weighted by molar-refractivity contribution is -0.143. The molecule has 2 amide bonds. The molecule has 0 fully saturated rings. The van der Waals surface area contributed by atoms with Crippen molar-refractivity contribution < 1.29 is 14.3 Å². The van der Waals surface area contributed by atoms with Crippen LogP contribution in [0.15, 0.2) is 78.9 Å². The predicted molar refractivity (Wildman–Crippen MR) is 154 cm³/mol. The van der Waals surface area contributed by atoms with Gasteiger partial charge in [0.1, 0.15) is 11.8 Å². The zero-order valence-corrected chi connectivity index (χ0v) is 23.8. The van der Waals surface area contributed by atoms with Gasteiger partial charge in [0.2, 0.25) is 5.91 Å². The molecule has 38 heavy (non-hydrogen) atoms. The van der Waals surface area contributed by atoms with Crippen molar-refractivity contribution in [1.29, 1.82) is 0 Å². The van der Waals surface area contributed by atoms with Crippen LogP contribution in [0.4, 0.5) is 0 Å². The first kappa shape index (κ1) is 29.2. The van der Waals surface area contributed by atoms with Gasteiger partial charge < -0.3 is 15.0 Å². The lowest BCUT2D eigenvalue weighted by Crippen LogP contribution is -2.53. The molecule has 0 aromatic heterocycles. The van der Waals surface area contributed by atoms with Crippen LogP contribution in [-0.2, 0) is 28.0 Å². The Bertz CT molecular complexity index is 1170. The van der Waals surface area contributed by atoms with Crippen LogP contribution in [-0.4, -0.2) is 35.4 Å². The minimum Gasteiger partial charge on any atom is -0.484 e. The third-order valence-electron chi connectivity index (χ3n) is 6.62. The maximum absolute atomic E-state index is 13.7. The minimum absolute atomic E-state index is 0.00848. The van der Waals surface area contributed by atoms with Gasteiger partial charge in [-0.15, -0.1) is 0 Å². The van der Waals surface area contributed by atoms with Crippen molar-refractivity contribution in [2.24, 2.45) is 0 Å². The van der Waals surface area contributed by atoms with E-state index in [1.165, 1.54) is 5.56 Å². The van der Waals surface area contributed by atoms with Gasteiger partial charge in [-0.25, -0.2) is 0 Å². The number of carbonyl (C=O) groups is 2. The molecule has 0 saturated carbocycles. The zero-order valence-electron chi connectivity index (χ0n) is 23.0. The van der Waals surface area contributed by atoms with Crippen LogP contribution >= 0.6 is 11.6 Å². The SMILES string of the molecule is CC[C@@H](C)NC(=O)[C@@H](Cc1ccccc1)N(Cc1ccc(Cl)cc1)C(=O)COc1ccc(C(C)(C)C)cc1. The molecule has 202 valence electrons. The number of hydrogen-bond acceptors (Lipinski definition) is 3. The number of nitrogens with zero attached hydrogens (tertiary/aromatic N) is 1. The number of halogens is 1. The van der Waals surface area contributed by atoms with E-state index >= 15 is 0 Å². The Morgan fingerprint density at radius 3 is 2.13 bits per heavy atom. The Hall–Kier alpha value is -3.31. The molecule has 0 bridgehead atoms. The van der Waals surface area contributed by atoms with Crippen LogP contribution in [0.1, 0.15) is 57.7 Å². The second-order valence-corrected chi connectivity index (χ2v) is 11.2. The number of amides is 2. The molecule has 0 aliphatic rings. The molecule has 0 radical (unpaired) electrons. The summed E-state index contributed by atoms with van der Waals surface area (Å²) < 4.78 is 5.91. The van der Waals surface area contributed by atoms with Gasteiger partial charge in [0, 0.05) is 24.0 Å². The average Bonchev–Trinajstić information content (AvgIpc) is 2.90. The molecular weight excluding hydrogens is 496 g/mol. The summed E-state index contributed by atoms with van der Waals surface area (Å²) in [7, 11) is 0. The molecule has 3 aromatic rings. The fourth-order valence-electron chi connectivity index (χ4n) is 4.06. The monoisotopic (exact) mass is 534 g/mol.